The van der Waals surface area contributed by atoms with Crippen LogP contribution in [-0.2, 0) is 6.54 Å². The van der Waals surface area contributed by atoms with Gasteiger partial charge in [-0.05, 0) is 60.9 Å². The van der Waals surface area contributed by atoms with Crippen molar-refractivity contribution in [2.75, 3.05) is 23.3 Å². The molecule has 8 heteroatoms. The topological polar surface area (TPSA) is 117 Å². The van der Waals surface area contributed by atoms with E-state index >= 15 is 0 Å². The molecule has 1 saturated heterocycles. The van der Waals surface area contributed by atoms with E-state index in [1.165, 1.54) is 0 Å². The first-order chi connectivity index (χ1) is 17.0. The van der Waals surface area contributed by atoms with Gasteiger partial charge >= 0.3 is 0 Å². The number of nitrogens with two attached hydrogens (primary N) is 1. The molecule has 0 spiro atoms. The van der Waals surface area contributed by atoms with E-state index in [2.05, 4.69) is 21.3 Å². The van der Waals surface area contributed by atoms with Crippen molar-refractivity contribution >= 4 is 34.4 Å². The number of carbonyl (C=O) groups is 2. The van der Waals surface area contributed by atoms with Gasteiger partial charge in [0.2, 0.25) is 5.91 Å². The maximum Gasteiger partial charge on any atom is 0.273 e. The highest BCUT2D eigenvalue weighted by Gasteiger charge is 2.19. The second kappa shape index (κ2) is 9.31. The summed E-state index contributed by atoms with van der Waals surface area (Å²) in [7, 11) is 0. The number of hydrogen-bond acceptors (Lipinski definition) is 5. The summed E-state index contributed by atoms with van der Waals surface area (Å²) in [5.41, 5.74) is 8.39. The number of pyridine rings is 1. The van der Waals surface area contributed by atoms with Crippen LogP contribution in [0.1, 0.15) is 44.8 Å². The van der Waals surface area contributed by atoms with Crippen LogP contribution in [0.2, 0.25) is 0 Å². The molecule has 3 heterocycles. The third-order valence-corrected chi connectivity index (χ3v) is 6.25. The van der Waals surface area contributed by atoms with E-state index in [1.54, 1.807) is 30.3 Å². The normalized spacial score (nSPS) is 13.1. The smallest absolute Gasteiger partial charge is 0.273 e. The highest BCUT2D eigenvalue weighted by atomic mass is 16.2. The predicted molar refractivity (Wildman–Crippen MR) is 134 cm³/mol. The Bertz CT molecular complexity index is 1460. The van der Waals surface area contributed by atoms with Gasteiger partial charge in [-0.15, -0.1) is 0 Å². The van der Waals surface area contributed by atoms with Gasteiger partial charge in [-0.1, -0.05) is 24.3 Å². The molecule has 8 nitrogen and oxygen atoms in total. The summed E-state index contributed by atoms with van der Waals surface area (Å²) in [5.74, 6) is 0.554. The van der Waals surface area contributed by atoms with Crippen LogP contribution in [0.25, 0.3) is 10.9 Å². The fourth-order valence-electron chi connectivity index (χ4n) is 4.44. The summed E-state index contributed by atoms with van der Waals surface area (Å²) in [5, 5.41) is 13.2. The van der Waals surface area contributed by atoms with Gasteiger partial charge in [-0.2, -0.15) is 5.26 Å². The largest absolute Gasteiger partial charge is 0.366 e. The number of nitriles is 1. The summed E-state index contributed by atoms with van der Waals surface area (Å²) in [4.78, 5) is 31.7. The van der Waals surface area contributed by atoms with E-state index in [0.29, 0.717) is 29.2 Å². The standard InChI is InChI=1S/C27H24N6O2/c28-16-19-8-11-21-15-23(27(35)31-24-4-3-5-25(30-24)32-12-1-2-13-32)33(22(21)14-19)17-18-6-9-20(10-7-18)26(29)34/h3-11,14-15H,1-2,12-13,17H2,(H2,29,34)(H,30,31,35). The van der Waals surface area contributed by atoms with Gasteiger partial charge < -0.3 is 20.5 Å². The second-order valence-corrected chi connectivity index (χ2v) is 8.59. The third-order valence-electron chi connectivity index (χ3n) is 6.25. The van der Waals surface area contributed by atoms with E-state index in [1.807, 2.05) is 41.0 Å². The fourth-order valence-corrected chi connectivity index (χ4v) is 4.44. The number of rotatable bonds is 6. The Morgan fingerprint density at radius 1 is 1.03 bits per heavy atom. The molecule has 0 bridgehead atoms. The van der Waals surface area contributed by atoms with Gasteiger partial charge in [0.05, 0.1) is 17.1 Å². The van der Waals surface area contributed by atoms with E-state index in [9.17, 15) is 14.9 Å². The first-order valence-corrected chi connectivity index (χ1v) is 11.5. The molecule has 174 valence electrons. The van der Waals surface area contributed by atoms with Gasteiger partial charge in [0.25, 0.3) is 5.91 Å². The van der Waals surface area contributed by atoms with Gasteiger partial charge in [0, 0.05) is 30.6 Å². The quantitative estimate of drug-likeness (QED) is 0.449. The van der Waals surface area contributed by atoms with Crippen molar-refractivity contribution in [1.29, 1.82) is 5.26 Å². The van der Waals surface area contributed by atoms with Crippen molar-refractivity contribution in [1.82, 2.24) is 9.55 Å². The van der Waals surface area contributed by atoms with Crippen LogP contribution in [0.3, 0.4) is 0 Å². The van der Waals surface area contributed by atoms with Crippen molar-refractivity contribution in [2.45, 2.75) is 19.4 Å². The number of nitrogens with one attached hydrogen (secondary N) is 1. The Hall–Kier alpha value is -4.64. The van der Waals surface area contributed by atoms with Crippen LogP contribution >= 0.6 is 0 Å². The minimum absolute atomic E-state index is 0.292. The number of primary amides is 1. The number of hydrogen-bond donors (Lipinski definition) is 2. The van der Waals surface area contributed by atoms with Crippen molar-refractivity contribution in [3.05, 3.63) is 89.1 Å². The summed E-state index contributed by atoms with van der Waals surface area (Å²) >= 11 is 0. The molecule has 2 aromatic carbocycles. The average molecular weight is 465 g/mol. The average Bonchev–Trinajstić information content (AvgIpc) is 3.53. The number of benzene rings is 2. The Morgan fingerprint density at radius 3 is 2.51 bits per heavy atom. The van der Waals surface area contributed by atoms with Crippen molar-refractivity contribution < 1.29 is 9.59 Å². The molecule has 0 atom stereocenters. The van der Waals surface area contributed by atoms with Crippen LogP contribution < -0.4 is 16.0 Å². The molecule has 0 unspecified atom stereocenters. The number of fused-ring (bicyclic) bond motifs is 1. The molecule has 2 amide bonds. The molecular formula is C27H24N6O2. The van der Waals surface area contributed by atoms with E-state index < -0.39 is 5.91 Å². The minimum atomic E-state index is -0.495. The zero-order chi connectivity index (χ0) is 24.4. The number of anilines is 2. The molecule has 4 aromatic rings. The lowest BCUT2D eigenvalue weighted by molar-refractivity contribution is 0.0996. The maximum absolute atomic E-state index is 13.4. The molecular weight excluding hydrogens is 440 g/mol. The first kappa shape index (κ1) is 22.2. The molecule has 1 aliphatic heterocycles. The third kappa shape index (κ3) is 4.57. The SMILES string of the molecule is N#Cc1ccc2cc(C(=O)Nc3cccc(N4CCCC4)n3)n(Cc3ccc(C(N)=O)cc3)c2c1. The Kier molecular flexibility index (Phi) is 5.90. The molecule has 0 saturated carbocycles. The van der Waals surface area contributed by atoms with E-state index in [0.717, 1.165) is 48.2 Å². The molecule has 0 aliphatic carbocycles. The summed E-state index contributed by atoms with van der Waals surface area (Å²) in [6.07, 6.45) is 2.28. The van der Waals surface area contributed by atoms with Crippen molar-refractivity contribution in [3.8, 4) is 6.07 Å². The van der Waals surface area contributed by atoms with Crippen LogP contribution in [0, 0.1) is 11.3 Å². The van der Waals surface area contributed by atoms with Crippen molar-refractivity contribution in [3.63, 3.8) is 0 Å². The number of carbonyl (C=O) groups excluding carboxylic acids is 2. The molecule has 1 fully saturated rings. The molecule has 35 heavy (non-hydrogen) atoms. The fraction of sp³-hybridized carbons (Fsp3) is 0.185. The number of amides is 2. The summed E-state index contributed by atoms with van der Waals surface area (Å²) < 4.78 is 1.87. The maximum atomic E-state index is 13.4. The molecule has 1 aliphatic rings. The van der Waals surface area contributed by atoms with E-state index in [-0.39, 0.29) is 5.91 Å². The Morgan fingerprint density at radius 2 is 1.80 bits per heavy atom. The van der Waals surface area contributed by atoms with Crippen LogP contribution in [0.4, 0.5) is 11.6 Å². The highest BCUT2D eigenvalue weighted by Crippen LogP contribution is 2.25. The number of nitrogens with zero attached hydrogens (tertiary/aromatic N) is 4. The Labute approximate surface area is 202 Å². The predicted octanol–water partition coefficient (Wildman–Crippen LogP) is 3.91. The molecule has 0 radical (unpaired) electrons. The lowest BCUT2D eigenvalue weighted by Gasteiger charge is -2.17. The molecule has 5 rings (SSSR count). The minimum Gasteiger partial charge on any atom is -0.366 e. The first-order valence-electron chi connectivity index (χ1n) is 11.5. The second-order valence-electron chi connectivity index (χ2n) is 8.59. The van der Waals surface area contributed by atoms with Crippen molar-refractivity contribution in [2.24, 2.45) is 5.73 Å². The highest BCUT2D eigenvalue weighted by molar-refractivity contribution is 6.06. The number of aromatic nitrogens is 2. The molecule has 2 aromatic heterocycles. The van der Waals surface area contributed by atoms with E-state index in [4.69, 9.17) is 5.73 Å². The van der Waals surface area contributed by atoms with Crippen LogP contribution in [0.15, 0.2) is 66.7 Å². The van der Waals surface area contributed by atoms with Crippen LogP contribution in [-0.4, -0.2) is 34.5 Å². The zero-order valence-corrected chi connectivity index (χ0v) is 19.1. The zero-order valence-electron chi connectivity index (χ0n) is 19.1. The lowest BCUT2D eigenvalue weighted by atomic mass is 10.1. The van der Waals surface area contributed by atoms with Gasteiger partial charge in [-0.25, -0.2) is 4.98 Å². The van der Waals surface area contributed by atoms with Gasteiger partial charge in [0.15, 0.2) is 0 Å². The molecule has 3 N–H and O–H groups in total. The summed E-state index contributed by atoms with van der Waals surface area (Å²) in [6, 6.07) is 21.9. The Balaban J connectivity index is 1.49. The van der Waals surface area contributed by atoms with Gasteiger partial charge in [0.1, 0.15) is 17.3 Å². The summed E-state index contributed by atoms with van der Waals surface area (Å²) in [6.45, 7) is 2.31. The lowest BCUT2D eigenvalue weighted by Crippen LogP contribution is -2.21. The monoisotopic (exact) mass is 464 g/mol. The van der Waals surface area contributed by atoms with Gasteiger partial charge in [-0.3, -0.25) is 9.59 Å². The van der Waals surface area contributed by atoms with Crippen LogP contribution in [0.5, 0.6) is 0 Å².